The number of carboxylic acids is 1. The van der Waals surface area contributed by atoms with Gasteiger partial charge in [0.05, 0.1) is 24.9 Å². The Hall–Kier alpha value is -5.21. The highest BCUT2D eigenvalue weighted by Gasteiger charge is 2.24. The minimum Gasteiger partial charge on any atom is -0.477 e. The maximum Gasteiger partial charge on any atom is 0.354 e. The number of fused-ring (bicyclic) bond motifs is 1. The van der Waals surface area contributed by atoms with Gasteiger partial charge in [-0.3, -0.25) is 0 Å². The van der Waals surface area contributed by atoms with Crippen LogP contribution in [-0.2, 0) is 24.3 Å². The van der Waals surface area contributed by atoms with Crippen LogP contribution >= 0.6 is 0 Å². The predicted octanol–water partition coefficient (Wildman–Crippen LogP) is 5.98. The smallest absolute Gasteiger partial charge is 0.354 e. The van der Waals surface area contributed by atoms with E-state index in [1.165, 1.54) is 24.3 Å². The number of aromatic carboxylic acids is 1. The van der Waals surface area contributed by atoms with Crippen molar-refractivity contribution in [3.8, 4) is 17.1 Å². The molecule has 1 saturated heterocycles. The first-order valence-corrected chi connectivity index (χ1v) is 13.1. The SMILES string of the molecule is [C-]#[N+]c1ccc(COc2cccc(-c3ccc(Cc4nc5ccc(C(=O)O)nc5n4C[C@@H]4CCO4)c(F)c3)n2)c(F)c1. The van der Waals surface area contributed by atoms with Crippen LogP contribution < -0.4 is 4.74 Å². The summed E-state index contributed by atoms with van der Waals surface area (Å²) in [6.07, 6.45) is 0.977. The Bertz CT molecular complexity index is 1860. The lowest BCUT2D eigenvalue weighted by Crippen LogP contribution is -2.32. The number of imidazole rings is 1. The summed E-state index contributed by atoms with van der Waals surface area (Å²) in [6.45, 7) is 8.00. The molecule has 1 fully saturated rings. The second kappa shape index (κ2) is 11.3. The van der Waals surface area contributed by atoms with Gasteiger partial charge >= 0.3 is 5.97 Å². The molecule has 1 atom stereocenters. The Labute approximate surface area is 238 Å². The van der Waals surface area contributed by atoms with Gasteiger partial charge in [0.2, 0.25) is 5.88 Å². The average molecular weight is 568 g/mol. The van der Waals surface area contributed by atoms with Crippen LogP contribution in [0.3, 0.4) is 0 Å². The summed E-state index contributed by atoms with van der Waals surface area (Å²) in [6, 6.07) is 17.0. The molecule has 0 bridgehead atoms. The van der Waals surface area contributed by atoms with E-state index >= 15 is 4.39 Å². The largest absolute Gasteiger partial charge is 0.477 e. The number of carboxylic acid groups (broad SMARTS) is 1. The van der Waals surface area contributed by atoms with Crippen molar-refractivity contribution in [1.29, 1.82) is 0 Å². The van der Waals surface area contributed by atoms with Crippen LogP contribution in [0.4, 0.5) is 14.5 Å². The Kier molecular flexibility index (Phi) is 7.29. The standard InChI is InChI=1S/C31H23F2N5O4/c1-34-21-8-7-20(24(33)15-21)17-42-29-4-2-3-25(36-29)19-6-5-18(23(32)13-19)14-28-35-26-9-10-27(31(39)40)37-30(26)38(28)16-22-11-12-41-22/h2-10,13,15,22H,11-12,14,16-17H2,(H,39,40)/t22-/m0/s1. The van der Waals surface area contributed by atoms with Gasteiger partial charge in [-0.15, -0.1) is 0 Å². The van der Waals surface area contributed by atoms with E-state index in [1.807, 2.05) is 0 Å². The fourth-order valence-corrected chi connectivity index (χ4v) is 4.68. The van der Waals surface area contributed by atoms with Crippen molar-refractivity contribution in [3.63, 3.8) is 0 Å². The van der Waals surface area contributed by atoms with Crippen molar-refractivity contribution in [2.24, 2.45) is 0 Å². The molecule has 0 saturated carbocycles. The summed E-state index contributed by atoms with van der Waals surface area (Å²) in [5.41, 5.74) is 2.73. The summed E-state index contributed by atoms with van der Waals surface area (Å²) in [5, 5.41) is 9.40. The van der Waals surface area contributed by atoms with Crippen LogP contribution in [0.1, 0.15) is 33.9 Å². The van der Waals surface area contributed by atoms with E-state index in [-0.39, 0.29) is 42.0 Å². The number of carbonyl (C=O) groups is 1. The maximum atomic E-state index is 15.4. The van der Waals surface area contributed by atoms with E-state index in [0.29, 0.717) is 47.0 Å². The van der Waals surface area contributed by atoms with Crippen LogP contribution in [0.5, 0.6) is 5.88 Å². The molecule has 0 unspecified atom stereocenters. The van der Waals surface area contributed by atoms with Crippen molar-refractivity contribution >= 4 is 22.8 Å². The van der Waals surface area contributed by atoms with Crippen LogP contribution in [0, 0.1) is 18.2 Å². The lowest BCUT2D eigenvalue weighted by atomic mass is 10.1. The van der Waals surface area contributed by atoms with Gasteiger partial charge in [-0.05, 0) is 42.3 Å². The van der Waals surface area contributed by atoms with Crippen molar-refractivity contribution in [2.45, 2.75) is 32.1 Å². The Morgan fingerprint density at radius 1 is 1.05 bits per heavy atom. The van der Waals surface area contributed by atoms with Crippen molar-refractivity contribution in [2.75, 3.05) is 6.61 Å². The fourth-order valence-electron chi connectivity index (χ4n) is 4.68. The van der Waals surface area contributed by atoms with Gasteiger partial charge in [-0.2, -0.15) is 0 Å². The molecule has 0 amide bonds. The van der Waals surface area contributed by atoms with Gasteiger partial charge in [0.15, 0.2) is 17.0 Å². The third kappa shape index (κ3) is 5.53. The van der Waals surface area contributed by atoms with E-state index < -0.39 is 17.6 Å². The molecule has 1 aliphatic rings. The van der Waals surface area contributed by atoms with Gasteiger partial charge in [0, 0.05) is 30.2 Å². The zero-order chi connectivity index (χ0) is 29.2. The number of rotatable bonds is 9. The second-order valence-electron chi connectivity index (χ2n) is 9.78. The van der Waals surface area contributed by atoms with Gasteiger partial charge in [-0.25, -0.2) is 33.4 Å². The summed E-state index contributed by atoms with van der Waals surface area (Å²) in [5.74, 6) is -1.35. The lowest BCUT2D eigenvalue weighted by molar-refractivity contribution is -0.0590. The zero-order valence-electron chi connectivity index (χ0n) is 22.1. The van der Waals surface area contributed by atoms with Crippen molar-refractivity contribution < 1.29 is 28.2 Å². The molecule has 6 rings (SSSR count). The van der Waals surface area contributed by atoms with Gasteiger partial charge in [0.25, 0.3) is 0 Å². The molecule has 5 aromatic rings. The first kappa shape index (κ1) is 27.0. The zero-order valence-corrected chi connectivity index (χ0v) is 22.1. The molecule has 1 N–H and O–H groups in total. The number of halogens is 2. The minimum atomic E-state index is -1.14. The molecule has 3 aromatic heterocycles. The number of nitrogens with zero attached hydrogens (tertiary/aromatic N) is 5. The van der Waals surface area contributed by atoms with Crippen LogP contribution in [0.15, 0.2) is 66.7 Å². The number of aromatic nitrogens is 4. The highest BCUT2D eigenvalue weighted by atomic mass is 19.1. The number of hydrogen-bond donors (Lipinski definition) is 1. The molecular formula is C31H23F2N5O4. The molecule has 0 spiro atoms. The monoisotopic (exact) mass is 567 g/mol. The Balaban J connectivity index is 1.23. The molecule has 2 aromatic carbocycles. The third-order valence-electron chi connectivity index (χ3n) is 7.03. The maximum absolute atomic E-state index is 15.4. The molecule has 11 heteroatoms. The normalized spacial score (nSPS) is 14.4. The van der Waals surface area contributed by atoms with E-state index in [4.69, 9.17) is 16.0 Å². The lowest BCUT2D eigenvalue weighted by Gasteiger charge is -2.27. The molecule has 42 heavy (non-hydrogen) atoms. The van der Waals surface area contributed by atoms with Gasteiger partial charge in [0.1, 0.15) is 29.6 Å². The average Bonchev–Trinajstić information content (AvgIpc) is 3.31. The predicted molar refractivity (Wildman–Crippen MR) is 148 cm³/mol. The van der Waals surface area contributed by atoms with Gasteiger partial charge in [-0.1, -0.05) is 30.3 Å². The summed E-state index contributed by atoms with van der Waals surface area (Å²) >= 11 is 0. The molecule has 210 valence electrons. The van der Waals surface area contributed by atoms with E-state index in [2.05, 4.69) is 19.8 Å². The molecule has 1 aliphatic heterocycles. The summed E-state index contributed by atoms with van der Waals surface area (Å²) in [4.78, 5) is 28.1. The first-order chi connectivity index (χ1) is 20.4. The summed E-state index contributed by atoms with van der Waals surface area (Å²) in [7, 11) is 0. The highest BCUT2D eigenvalue weighted by Crippen LogP contribution is 2.27. The molecule has 0 aliphatic carbocycles. The quantitative estimate of drug-likeness (QED) is 0.219. The minimum absolute atomic E-state index is 0.0427. The molecule has 4 heterocycles. The first-order valence-electron chi connectivity index (χ1n) is 13.1. The van der Waals surface area contributed by atoms with Crippen LogP contribution in [-0.4, -0.2) is 43.3 Å². The van der Waals surface area contributed by atoms with Gasteiger partial charge < -0.3 is 19.1 Å². The second-order valence-corrected chi connectivity index (χ2v) is 9.78. The Morgan fingerprint density at radius 2 is 1.86 bits per heavy atom. The van der Waals surface area contributed by atoms with Crippen LogP contribution in [0.2, 0.25) is 0 Å². The van der Waals surface area contributed by atoms with Crippen LogP contribution in [0.25, 0.3) is 27.3 Å². The van der Waals surface area contributed by atoms with Crippen molar-refractivity contribution in [3.05, 3.63) is 112 Å². The molecular weight excluding hydrogens is 544 g/mol. The Morgan fingerprint density at radius 3 is 2.57 bits per heavy atom. The molecule has 9 nitrogen and oxygen atoms in total. The third-order valence-corrected chi connectivity index (χ3v) is 7.03. The fraction of sp³-hybridized carbons (Fsp3) is 0.194. The highest BCUT2D eigenvalue weighted by molar-refractivity contribution is 5.88. The van der Waals surface area contributed by atoms with E-state index in [1.54, 1.807) is 41.0 Å². The van der Waals surface area contributed by atoms with E-state index in [9.17, 15) is 14.3 Å². The van der Waals surface area contributed by atoms with Crippen molar-refractivity contribution in [1.82, 2.24) is 19.5 Å². The number of benzene rings is 2. The summed E-state index contributed by atoms with van der Waals surface area (Å²) < 4.78 is 42.7. The number of pyridine rings is 2. The number of hydrogen-bond acceptors (Lipinski definition) is 6. The molecule has 0 radical (unpaired) electrons. The van der Waals surface area contributed by atoms with E-state index in [0.717, 1.165) is 12.5 Å². The number of ether oxygens (including phenoxy) is 2. The topological polar surface area (TPSA) is 104 Å².